The summed E-state index contributed by atoms with van der Waals surface area (Å²) in [6, 6.07) is 18.9. The molecule has 168 valence electrons. The molecule has 32 heavy (non-hydrogen) atoms. The number of aromatic nitrogens is 4. The molecule has 2 saturated heterocycles. The molecule has 0 amide bonds. The van der Waals surface area contributed by atoms with Crippen LogP contribution in [0.15, 0.2) is 54.6 Å². The average Bonchev–Trinajstić information content (AvgIpc) is 3.54. The Bertz CT molecular complexity index is 979. The van der Waals surface area contributed by atoms with Gasteiger partial charge in [-0.3, -0.25) is 4.90 Å². The molecule has 0 spiro atoms. The van der Waals surface area contributed by atoms with E-state index in [4.69, 9.17) is 9.47 Å². The molecule has 0 N–H and O–H groups in total. The van der Waals surface area contributed by atoms with Crippen LogP contribution in [0.4, 0.5) is 5.69 Å². The maximum Gasteiger partial charge on any atom is 0.173 e. The highest BCUT2D eigenvalue weighted by atomic mass is 16.5. The van der Waals surface area contributed by atoms with Gasteiger partial charge in [-0.1, -0.05) is 30.3 Å². The molecular weight excluding hydrogens is 404 g/mol. The molecule has 2 aliphatic rings. The van der Waals surface area contributed by atoms with Crippen molar-refractivity contribution in [3.63, 3.8) is 0 Å². The zero-order valence-electron chi connectivity index (χ0n) is 18.5. The lowest BCUT2D eigenvalue weighted by Gasteiger charge is -2.40. The van der Waals surface area contributed by atoms with Crippen molar-refractivity contribution in [3.8, 4) is 5.75 Å². The SMILES string of the molecule is COc1ccc(N2CCN([C@@H](c3ccccc3)c3nnnn3C[C@H]3CCCO3)CC2)cc1. The third-order valence-corrected chi connectivity index (χ3v) is 6.44. The quantitative estimate of drug-likeness (QED) is 0.566. The van der Waals surface area contributed by atoms with E-state index in [-0.39, 0.29) is 12.1 Å². The lowest BCUT2D eigenvalue weighted by Crippen LogP contribution is -2.48. The number of tetrazole rings is 1. The second-order valence-corrected chi connectivity index (χ2v) is 8.39. The van der Waals surface area contributed by atoms with Crippen LogP contribution in [-0.2, 0) is 11.3 Å². The van der Waals surface area contributed by atoms with Crippen molar-refractivity contribution in [3.05, 3.63) is 66.0 Å². The van der Waals surface area contributed by atoms with E-state index in [0.717, 1.165) is 57.2 Å². The molecule has 2 atom stereocenters. The summed E-state index contributed by atoms with van der Waals surface area (Å²) in [5, 5.41) is 12.9. The summed E-state index contributed by atoms with van der Waals surface area (Å²) >= 11 is 0. The van der Waals surface area contributed by atoms with Crippen LogP contribution in [-0.4, -0.2) is 71.1 Å². The molecule has 3 heterocycles. The number of rotatable bonds is 7. The Morgan fingerprint density at radius 1 is 1.03 bits per heavy atom. The highest BCUT2D eigenvalue weighted by molar-refractivity contribution is 5.49. The standard InChI is InChI=1S/C24H30N6O2/c1-31-21-11-9-20(10-12-21)28-13-15-29(16-14-28)23(19-6-3-2-4-7-19)24-25-26-27-30(24)18-22-8-5-17-32-22/h2-4,6-7,9-12,22-23H,5,8,13-18H2,1H3/t22-,23+/m1/s1. The first kappa shape index (κ1) is 20.9. The Kier molecular flexibility index (Phi) is 6.31. The predicted molar refractivity (Wildman–Crippen MR) is 122 cm³/mol. The highest BCUT2D eigenvalue weighted by Gasteiger charge is 2.31. The van der Waals surface area contributed by atoms with Crippen LogP contribution in [0.5, 0.6) is 5.75 Å². The molecule has 2 aliphatic heterocycles. The van der Waals surface area contributed by atoms with Crippen molar-refractivity contribution in [2.75, 3.05) is 44.8 Å². The first-order valence-electron chi connectivity index (χ1n) is 11.4. The summed E-state index contributed by atoms with van der Waals surface area (Å²) in [7, 11) is 1.70. The Labute approximate surface area is 188 Å². The number of benzene rings is 2. The van der Waals surface area contributed by atoms with Gasteiger partial charge in [-0.2, -0.15) is 0 Å². The Morgan fingerprint density at radius 3 is 2.50 bits per heavy atom. The zero-order valence-corrected chi connectivity index (χ0v) is 18.5. The van der Waals surface area contributed by atoms with Crippen molar-refractivity contribution in [1.29, 1.82) is 0 Å². The second kappa shape index (κ2) is 9.67. The largest absolute Gasteiger partial charge is 0.497 e. The number of nitrogens with zero attached hydrogens (tertiary/aromatic N) is 6. The molecule has 5 rings (SSSR count). The topological polar surface area (TPSA) is 68.5 Å². The molecule has 0 radical (unpaired) electrons. The van der Waals surface area contributed by atoms with E-state index in [1.54, 1.807) is 7.11 Å². The molecule has 2 fully saturated rings. The number of piperazine rings is 1. The fraction of sp³-hybridized carbons (Fsp3) is 0.458. The van der Waals surface area contributed by atoms with Crippen LogP contribution in [0, 0.1) is 0 Å². The molecule has 0 bridgehead atoms. The Morgan fingerprint density at radius 2 is 1.81 bits per heavy atom. The maximum absolute atomic E-state index is 5.85. The summed E-state index contributed by atoms with van der Waals surface area (Å²) in [6.07, 6.45) is 2.37. The third kappa shape index (κ3) is 4.47. The van der Waals surface area contributed by atoms with Gasteiger partial charge in [-0.25, -0.2) is 4.68 Å². The monoisotopic (exact) mass is 434 g/mol. The number of hydrogen-bond donors (Lipinski definition) is 0. The molecule has 8 nitrogen and oxygen atoms in total. The van der Waals surface area contributed by atoms with E-state index in [1.165, 1.54) is 11.3 Å². The van der Waals surface area contributed by atoms with Gasteiger partial charge in [0.2, 0.25) is 0 Å². The van der Waals surface area contributed by atoms with Gasteiger partial charge in [-0.05, 0) is 53.1 Å². The molecule has 3 aromatic rings. The summed E-state index contributed by atoms with van der Waals surface area (Å²) in [4.78, 5) is 4.92. The van der Waals surface area contributed by atoms with E-state index < -0.39 is 0 Å². The average molecular weight is 435 g/mol. The number of anilines is 1. The van der Waals surface area contributed by atoms with Gasteiger partial charge < -0.3 is 14.4 Å². The Balaban J connectivity index is 1.35. The highest BCUT2D eigenvalue weighted by Crippen LogP contribution is 2.30. The van der Waals surface area contributed by atoms with Crippen LogP contribution in [0.2, 0.25) is 0 Å². The van der Waals surface area contributed by atoms with Gasteiger partial charge >= 0.3 is 0 Å². The minimum Gasteiger partial charge on any atom is -0.497 e. The molecule has 0 unspecified atom stereocenters. The molecule has 2 aromatic carbocycles. The van der Waals surface area contributed by atoms with Gasteiger partial charge in [0.25, 0.3) is 0 Å². The first-order valence-corrected chi connectivity index (χ1v) is 11.4. The smallest absolute Gasteiger partial charge is 0.173 e. The third-order valence-electron chi connectivity index (χ3n) is 6.44. The van der Waals surface area contributed by atoms with E-state index in [1.807, 2.05) is 16.8 Å². The van der Waals surface area contributed by atoms with Gasteiger partial charge in [0.05, 0.1) is 25.8 Å². The first-order chi connectivity index (χ1) is 15.8. The number of hydrogen-bond acceptors (Lipinski definition) is 7. The van der Waals surface area contributed by atoms with Gasteiger partial charge in [0.15, 0.2) is 5.82 Å². The van der Waals surface area contributed by atoms with Crippen molar-refractivity contribution in [2.24, 2.45) is 0 Å². The van der Waals surface area contributed by atoms with Crippen molar-refractivity contribution in [1.82, 2.24) is 25.1 Å². The second-order valence-electron chi connectivity index (χ2n) is 8.39. The van der Waals surface area contributed by atoms with Gasteiger partial charge in [0, 0.05) is 38.5 Å². The van der Waals surface area contributed by atoms with Crippen molar-refractivity contribution in [2.45, 2.75) is 31.5 Å². The molecule has 8 heteroatoms. The van der Waals surface area contributed by atoms with Gasteiger partial charge in [0.1, 0.15) is 5.75 Å². The summed E-state index contributed by atoms with van der Waals surface area (Å²) < 4.78 is 13.1. The van der Waals surface area contributed by atoms with E-state index in [0.29, 0.717) is 6.54 Å². The lowest BCUT2D eigenvalue weighted by atomic mass is 10.0. The van der Waals surface area contributed by atoms with E-state index in [2.05, 4.69) is 67.8 Å². The Hall–Kier alpha value is -2.97. The summed E-state index contributed by atoms with van der Waals surface area (Å²) in [6.45, 7) is 5.29. The number of ether oxygens (including phenoxy) is 2. The molecule has 0 saturated carbocycles. The summed E-state index contributed by atoms with van der Waals surface area (Å²) in [5.41, 5.74) is 2.44. The molecular formula is C24H30N6O2. The van der Waals surface area contributed by atoms with Gasteiger partial charge in [-0.15, -0.1) is 5.10 Å². The van der Waals surface area contributed by atoms with Crippen molar-refractivity contribution >= 4 is 5.69 Å². The lowest BCUT2D eigenvalue weighted by molar-refractivity contribution is 0.0906. The normalized spacial score (nSPS) is 20.4. The maximum atomic E-state index is 5.85. The number of methoxy groups -OCH3 is 1. The van der Waals surface area contributed by atoms with Crippen LogP contribution in [0.25, 0.3) is 0 Å². The molecule has 1 aromatic heterocycles. The molecule has 0 aliphatic carbocycles. The minimum absolute atomic E-state index is 0.0191. The zero-order chi connectivity index (χ0) is 21.8. The minimum atomic E-state index is 0.0191. The predicted octanol–water partition coefficient (Wildman–Crippen LogP) is 2.77. The van der Waals surface area contributed by atoms with Crippen LogP contribution < -0.4 is 9.64 Å². The van der Waals surface area contributed by atoms with Crippen LogP contribution in [0.3, 0.4) is 0 Å². The van der Waals surface area contributed by atoms with Crippen LogP contribution >= 0.6 is 0 Å². The fourth-order valence-corrected chi connectivity index (χ4v) is 4.71. The van der Waals surface area contributed by atoms with E-state index in [9.17, 15) is 0 Å². The summed E-state index contributed by atoms with van der Waals surface area (Å²) in [5.74, 6) is 1.78. The fourth-order valence-electron chi connectivity index (χ4n) is 4.71. The van der Waals surface area contributed by atoms with E-state index >= 15 is 0 Å². The van der Waals surface area contributed by atoms with Crippen molar-refractivity contribution < 1.29 is 9.47 Å². The van der Waals surface area contributed by atoms with Crippen LogP contribution in [0.1, 0.15) is 30.3 Å².